The monoisotopic (exact) mass is 486 g/mol. The molecule has 2 aliphatic rings. The SMILES string of the molecule is Cc1ccc(S(=O)(=O)Oc2c(CC=C3CCCC3CC(=O)O)c(O)c(C)c3c2C(=O)OC3)cc1. The summed E-state index contributed by atoms with van der Waals surface area (Å²) in [5.74, 6) is -2.13. The third-order valence-corrected chi connectivity index (χ3v) is 7.72. The van der Waals surface area contributed by atoms with Crippen LogP contribution in [0, 0.1) is 19.8 Å². The molecule has 1 atom stereocenters. The van der Waals surface area contributed by atoms with Gasteiger partial charge in [0.1, 0.15) is 22.8 Å². The molecule has 1 fully saturated rings. The topological polar surface area (TPSA) is 127 Å². The summed E-state index contributed by atoms with van der Waals surface area (Å²) in [6.45, 7) is 3.37. The molecule has 2 N–H and O–H groups in total. The number of rotatable bonds is 7. The smallest absolute Gasteiger partial charge is 0.342 e. The number of benzene rings is 2. The molecule has 0 radical (unpaired) electrons. The van der Waals surface area contributed by atoms with Gasteiger partial charge in [-0.15, -0.1) is 0 Å². The van der Waals surface area contributed by atoms with Crippen molar-refractivity contribution < 1.29 is 37.1 Å². The first-order valence-electron chi connectivity index (χ1n) is 11.0. The number of aliphatic carboxylic acids is 1. The van der Waals surface area contributed by atoms with Crippen molar-refractivity contribution in [1.82, 2.24) is 0 Å². The highest BCUT2D eigenvalue weighted by Crippen LogP contribution is 2.44. The number of phenolic OH excluding ortho intramolecular Hbond substituents is 1. The molecule has 1 aliphatic heterocycles. The second-order valence-corrected chi connectivity index (χ2v) is 10.3. The molecule has 0 saturated heterocycles. The number of carboxylic acids is 1. The van der Waals surface area contributed by atoms with Gasteiger partial charge in [0, 0.05) is 11.1 Å². The molecule has 1 unspecified atom stereocenters. The molecule has 2 aromatic rings. The highest BCUT2D eigenvalue weighted by Gasteiger charge is 2.35. The number of esters is 1. The molecule has 1 aliphatic carbocycles. The largest absolute Gasteiger partial charge is 0.507 e. The summed E-state index contributed by atoms with van der Waals surface area (Å²) in [6, 6.07) is 6.09. The Morgan fingerprint density at radius 2 is 1.94 bits per heavy atom. The van der Waals surface area contributed by atoms with Crippen molar-refractivity contribution in [1.29, 1.82) is 0 Å². The predicted molar refractivity (Wildman–Crippen MR) is 122 cm³/mol. The number of hydrogen-bond donors (Lipinski definition) is 2. The second-order valence-electron chi connectivity index (χ2n) is 8.73. The molecule has 8 nitrogen and oxygen atoms in total. The van der Waals surface area contributed by atoms with Crippen molar-refractivity contribution in [3.8, 4) is 11.5 Å². The van der Waals surface area contributed by atoms with Crippen LogP contribution >= 0.6 is 0 Å². The van der Waals surface area contributed by atoms with E-state index in [0.717, 1.165) is 30.4 Å². The molecule has 34 heavy (non-hydrogen) atoms. The Morgan fingerprint density at radius 3 is 2.62 bits per heavy atom. The summed E-state index contributed by atoms with van der Waals surface area (Å²) >= 11 is 0. The molecule has 4 rings (SSSR count). The summed E-state index contributed by atoms with van der Waals surface area (Å²) in [4.78, 5) is 23.7. The zero-order chi connectivity index (χ0) is 24.6. The molecule has 9 heteroatoms. The first kappa shape index (κ1) is 23.8. The van der Waals surface area contributed by atoms with Crippen molar-refractivity contribution in [3.63, 3.8) is 0 Å². The van der Waals surface area contributed by atoms with E-state index in [4.69, 9.17) is 8.92 Å². The van der Waals surface area contributed by atoms with Crippen molar-refractivity contribution >= 4 is 22.1 Å². The summed E-state index contributed by atoms with van der Waals surface area (Å²) < 4.78 is 36.8. The summed E-state index contributed by atoms with van der Waals surface area (Å²) in [6.07, 6.45) is 4.24. The number of carbonyl (C=O) groups is 2. The number of cyclic esters (lactones) is 1. The molecule has 0 spiro atoms. The number of aromatic hydroxyl groups is 1. The standard InChI is InChI=1S/C25H26O8S/c1-14-6-9-18(10-7-14)34(30,31)33-24-19(11-8-16-4-3-5-17(16)12-21(26)27)23(28)15(2)20-13-32-25(29)22(20)24/h6-10,17,28H,3-5,11-13H2,1-2H3,(H,26,27). The molecule has 1 heterocycles. The average molecular weight is 487 g/mol. The van der Waals surface area contributed by atoms with E-state index < -0.39 is 22.1 Å². The van der Waals surface area contributed by atoms with E-state index in [2.05, 4.69) is 0 Å². The zero-order valence-corrected chi connectivity index (χ0v) is 19.8. The molecule has 0 aromatic heterocycles. The first-order valence-corrected chi connectivity index (χ1v) is 12.5. The maximum absolute atomic E-state index is 13.1. The van der Waals surface area contributed by atoms with Gasteiger partial charge in [0.05, 0.1) is 6.42 Å². The Morgan fingerprint density at radius 1 is 1.24 bits per heavy atom. The van der Waals surface area contributed by atoms with Crippen LogP contribution in [-0.2, 0) is 32.7 Å². The Bertz CT molecular complexity index is 1290. The van der Waals surface area contributed by atoms with Crippen molar-refractivity contribution in [2.75, 3.05) is 0 Å². The fourth-order valence-corrected chi connectivity index (χ4v) is 5.56. The number of allylic oxidation sites excluding steroid dienone is 2. The lowest BCUT2D eigenvalue weighted by atomic mass is 9.93. The van der Waals surface area contributed by atoms with E-state index >= 15 is 0 Å². The summed E-state index contributed by atoms with van der Waals surface area (Å²) in [5, 5.41) is 20.1. The van der Waals surface area contributed by atoms with Gasteiger partial charge in [-0.2, -0.15) is 8.42 Å². The minimum atomic E-state index is -4.31. The van der Waals surface area contributed by atoms with Crippen LogP contribution in [0.4, 0.5) is 0 Å². The number of aryl methyl sites for hydroxylation is 1. The quantitative estimate of drug-likeness (QED) is 0.339. The first-order chi connectivity index (χ1) is 16.1. The third-order valence-electron chi connectivity index (χ3n) is 6.48. The molecule has 1 saturated carbocycles. The number of carboxylic acid groups (broad SMARTS) is 1. The van der Waals surface area contributed by atoms with Crippen LogP contribution in [0.25, 0.3) is 0 Å². The van der Waals surface area contributed by atoms with E-state index in [-0.39, 0.29) is 52.9 Å². The number of phenols is 1. The normalized spacial score (nSPS) is 18.7. The predicted octanol–water partition coefficient (Wildman–Crippen LogP) is 4.19. The Labute approximate surface area is 198 Å². The Kier molecular flexibility index (Phi) is 6.40. The van der Waals surface area contributed by atoms with E-state index in [9.17, 15) is 28.2 Å². The fraction of sp³-hybridized carbons (Fsp3) is 0.360. The molecular weight excluding hydrogens is 460 g/mol. The lowest BCUT2D eigenvalue weighted by Crippen LogP contribution is -2.14. The van der Waals surface area contributed by atoms with Crippen LogP contribution in [-0.4, -0.2) is 30.6 Å². The second kappa shape index (κ2) is 9.13. The highest BCUT2D eigenvalue weighted by molar-refractivity contribution is 7.87. The van der Waals surface area contributed by atoms with Gasteiger partial charge in [-0.3, -0.25) is 4.79 Å². The van der Waals surface area contributed by atoms with E-state index in [1.54, 1.807) is 19.1 Å². The number of hydrogen-bond acceptors (Lipinski definition) is 7. The minimum absolute atomic E-state index is 0.00658. The number of fused-ring (bicyclic) bond motifs is 1. The molecule has 180 valence electrons. The van der Waals surface area contributed by atoms with Gasteiger partial charge in [-0.05, 0) is 63.1 Å². The van der Waals surface area contributed by atoms with Gasteiger partial charge >= 0.3 is 22.1 Å². The Balaban J connectivity index is 1.79. The summed E-state index contributed by atoms with van der Waals surface area (Å²) in [5.41, 5.74) is 2.76. The average Bonchev–Trinajstić information content (AvgIpc) is 3.37. The number of ether oxygens (including phenoxy) is 1. The van der Waals surface area contributed by atoms with Gasteiger partial charge < -0.3 is 19.1 Å². The van der Waals surface area contributed by atoms with Crippen LogP contribution in [0.1, 0.15) is 58.3 Å². The molecule has 0 amide bonds. The molecular formula is C25H26O8S. The zero-order valence-electron chi connectivity index (χ0n) is 19.0. The van der Waals surface area contributed by atoms with Crippen molar-refractivity contribution in [2.45, 2.75) is 57.5 Å². The van der Waals surface area contributed by atoms with Gasteiger partial charge in [0.25, 0.3) is 0 Å². The van der Waals surface area contributed by atoms with Crippen molar-refractivity contribution in [2.24, 2.45) is 5.92 Å². The highest BCUT2D eigenvalue weighted by atomic mass is 32.2. The maximum atomic E-state index is 13.1. The van der Waals surface area contributed by atoms with E-state index in [1.807, 2.05) is 13.0 Å². The minimum Gasteiger partial charge on any atom is -0.507 e. The van der Waals surface area contributed by atoms with Gasteiger partial charge in [-0.1, -0.05) is 29.3 Å². The van der Waals surface area contributed by atoms with Gasteiger partial charge in [-0.25, -0.2) is 4.79 Å². The summed E-state index contributed by atoms with van der Waals surface area (Å²) in [7, 11) is -4.31. The van der Waals surface area contributed by atoms with Crippen LogP contribution in [0.3, 0.4) is 0 Å². The van der Waals surface area contributed by atoms with E-state index in [0.29, 0.717) is 11.1 Å². The van der Waals surface area contributed by atoms with Gasteiger partial charge in [0.15, 0.2) is 5.75 Å². The molecule has 0 bridgehead atoms. The third kappa shape index (κ3) is 4.52. The number of carbonyl (C=O) groups excluding carboxylic acids is 1. The lowest BCUT2D eigenvalue weighted by molar-refractivity contribution is -0.137. The van der Waals surface area contributed by atoms with Gasteiger partial charge in [0.2, 0.25) is 0 Å². The Hall–Kier alpha value is -3.33. The maximum Gasteiger partial charge on any atom is 0.342 e. The lowest BCUT2D eigenvalue weighted by Gasteiger charge is -2.17. The van der Waals surface area contributed by atoms with Crippen LogP contribution in [0.5, 0.6) is 11.5 Å². The van der Waals surface area contributed by atoms with E-state index in [1.165, 1.54) is 12.1 Å². The van der Waals surface area contributed by atoms with Crippen LogP contribution in [0.2, 0.25) is 0 Å². The van der Waals surface area contributed by atoms with Crippen LogP contribution in [0.15, 0.2) is 40.8 Å². The molecule has 2 aromatic carbocycles. The fourth-order valence-electron chi connectivity index (χ4n) is 4.59. The van der Waals surface area contributed by atoms with Crippen LogP contribution < -0.4 is 4.18 Å². The van der Waals surface area contributed by atoms with Crippen molar-refractivity contribution in [3.05, 3.63) is 63.7 Å².